The van der Waals surface area contributed by atoms with Crippen LogP contribution in [-0.4, -0.2) is 45.2 Å². The Morgan fingerprint density at radius 3 is 2.86 bits per heavy atom. The number of carbonyl (C=O) groups is 2. The predicted octanol–water partition coefficient (Wildman–Crippen LogP) is 2.29. The van der Waals surface area contributed by atoms with E-state index in [9.17, 15) is 9.59 Å². The van der Waals surface area contributed by atoms with E-state index in [-0.39, 0.29) is 11.5 Å². The van der Waals surface area contributed by atoms with Crippen molar-refractivity contribution in [3.05, 3.63) is 53.2 Å². The number of aryl methyl sites for hydroxylation is 1. The number of anilines is 1. The minimum atomic E-state index is -1.11. The largest absolute Gasteiger partial charge is 0.478 e. The second-order valence-corrected chi connectivity index (χ2v) is 5.95. The predicted molar refractivity (Wildman–Crippen MR) is 100 cm³/mol. The number of imidazole rings is 1. The van der Waals surface area contributed by atoms with Crippen LogP contribution in [0.2, 0.25) is 0 Å². The van der Waals surface area contributed by atoms with Crippen LogP contribution < -0.4 is 5.32 Å². The van der Waals surface area contributed by atoms with E-state index in [0.29, 0.717) is 41.9 Å². The minimum absolute atomic E-state index is 0.00800. The number of pyridine rings is 1. The molecule has 0 aliphatic carbocycles. The summed E-state index contributed by atoms with van der Waals surface area (Å²) in [6.45, 7) is 0.974. The fourth-order valence-electron chi connectivity index (χ4n) is 2.71. The fourth-order valence-corrected chi connectivity index (χ4v) is 2.71. The SMILES string of the molecule is COCCCn1c(NC(=O)c2cccc(C#N)c2)nc2cc(C(=O)O)cnc21. The number of hydrogen-bond acceptors (Lipinski definition) is 6. The first-order valence-corrected chi connectivity index (χ1v) is 8.43. The van der Waals surface area contributed by atoms with E-state index in [1.807, 2.05) is 6.07 Å². The zero-order valence-electron chi connectivity index (χ0n) is 15.0. The molecule has 2 heterocycles. The molecule has 1 aromatic carbocycles. The summed E-state index contributed by atoms with van der Waals surface area (Å²) in [7, 11) is 1.59. The number of carboxylic acids is 1. The number of aromatic carboxylic acids is 1. The average Bonchev–Trinajstić information content (AvgIpc) is 3.04. The molecular weight excluding hydrogens is 362 g/mol. The summed E-state index contributed by atoms with van der Waals surface area (Å²) in [5.74, 6) is -1.30. The Hall–Kier alpha value is -3.77. The number of hydrogen-bond donors (Lipinski definition) is 2. The van der Waals surface area contributed by atoms with Crippen molar-refractivity contribution in [3.63, 3.8) is 0 Å². The molecule has 3 rings (SSSR count). The molecular formula is C19H17N5O4. The highest BCUT2D eigenvalue weighted by Gasteiger charge is 2.17. The number of benzene rings is 1. The summed E-state index contributed by atoms with van der Waals surface area (Å²) in [5.41, 5.74) is 1.51. The van der Waals surface area contributed by atoms with Gasteiger partial charge in [-0.15, -0.1) is 0 Å². The standard InChI is InChI=1S/C19H17N5O4/c1-28-7-3-6-24-16-15(9-14(11-21-16)18(26)27)22-19(24)23-17(25)13-5-2-4-12(8-13)10-20/h2,4-5,8-9,11H,3,6-7H2,1H3,(H,26,27)(H,22,23,25). The molecule has 0 saturated carbocycles. The quantitative estimate of drug-likeness (QED) is 0.602. The summed E-state index contributed by atoms with van der Waals surface area (Å²) < 4.78 is 6.77. The Labute approximate surface area is 160 Å². The molecule has 0 saturated heterocycles. The van der Waals surface area contributed by atoms with Gasteiger partial charge in [0.15, 0.2) is 5.65 Å². The summed E-state index contributed by atoms with van der Waals surface area (Å²) >= 11 is 0. The summed E-state index contributed by atoms with van der Waals surface area (Å²) in [6, 6.07) is 9.69. The van der Waals surface area contributed by atoms with Gasteiger partial charge in [-0.25, -0.2) is 14.8 Å². The number of amides is 1. The third-order valence-electron chi connectivity index (χ3n) is 4.04. The van der Waals surface area contributed by atoms with Crippen molar-refractivity contribution in [1.82, 2.24) is 14.5 Å². The third kappa shape index (κ3) is 3.97. The van der Waals surface area contributed by atoms with Crippen LogP contribution in [0.15, 0.2) is 36.5 Å². The van der Waals surface area contributed by atoms with Gasteiger partial charge in [0, 0.05) is 32.0 Å². The highest BCUT2D eigenvalue weighted by molar-refractivity contribution is 6.04. The number of methoxy groups -OCH3 is 1. The first-order chi connectivity index (χ1) is 13.5. The first-order valence-electron chi connectivity index (χ1n) is 8.43. The highest BCUT2D eigenvalue weighted by atomic mass is 16.5. The summed E-state index contributed by atoms with van der Waals surface area (Å²) in [6.07, 6.45) is 1.90. The number of carbonyl (C=O) groups excluding carboxylic acids is 1. The number of carboxylic acid groups (broad SMARTS) is 1. The molecule has 142 valence electrons. The van der Waals surface area contributed by atoms with Crippen LogP contribution in [0.5, 0.6) is 0 Å². The maximum absolute atomic E-state index is 12.6. The lowest BCUT2D eigenvalue weighted by atomic mass is 10.1. The molecule has 0 unspecified atom stereocenters. The second kappa shape index (κ2) is 8.28. The molecule has 9 heteroatoms. The minimum Gasteiger partial charge on any atom is -0.478 e. The molecule has 1 amide bonds. The van der Waals surface area contributed by atoms with Gasteiger partial charge in [0.1, 0.15) is 5.52 Å². The van der Waals surface area contributed by atoms with Gasteiger partial charge in [-0.05, 0) is 30.7 Å². The molecule has 2 N–H and O–H groups in total. The molecule has 0 aliphatic heterocycles. The van der Waals surface area contributed by atoms with Crippen LogP contribution in [0.1, 0.15) is 32.7 Å². The Bertz CT molecular complexity index is 1080. The number of nitrogens with zero attached hydrogens (tertiary/aromatic N) is 4. The van der Waals surface area contributed by atoms with E-state index in [1.165, 1.54) is 18.3 Å². The van der Waals surface area contributed by atoms with Crippen molar-refractivity contribution >= 4 is 29.0 Å². The zero-order chi connectivity index (χ0) is 20.1. The molecule has 28 heavy (non-hydrogen) atoms. The average molecular weight is 379 g/mol. The fraction of sp³-hybridized carbons (Fsp3) is 0.211. The van der Waals surface area contributed by atoms with Crippen molar-refractivity contribution in [3.8, 4) is 6.07 Å². The Morgan fingerprint density at radius 2 is 2.14 bits per heavy atom. The zero-order valence-corrected chi connectivity index (χ0v) is 15.0. The third-order valence-corrected chi connectivity index (χ3v) is 4.04. The van der Waals surface area contributed by atoms with Gasteiger partial charge in [0.25, 0.3) is 5.91 Å². The van der Waals surface area contributed by atoms with E-state index in [4.69, 9.17) is 15.1 Å². The monoisotopic (exact) mass is 379 g/mol. The normalized spacial score (nSPS) is 10.6. The lowest BCUT2D eigenvalue weighted by Crippen LogP contribution is -2.16. The van der Waals surface area contributed by atoms with Crippen LogP contribution in [0, 0.1) is 11.3 Å². The molecule has 2 aromatic heterocycles. The van der Waals surface area contributed by atoms with E-state index in [1.54, 1.807) is 29.9 Å². The van der Waals surface area contributed by atoms with Crippen molar-refractivity contribution in [1.29, 1.82) is 5.26 Å². The van der Waals surface area contributed by atoms with Gasteiger partial charge in [0.05, 0.1) is 17.2 Å². The van der Waals surface area contributed by atoms with Gasteiger partial charge in [-0.1, -0.05) is 6.07 Å². The lowest BCUT2D eigenvalue weighted by molar-refractivity contribution is 0.0696. The molecule has 0 atom stereocenters. The van der Waals surface area contributed by atoms with Crippen molar-refractivity contribution in [2.24, 2.45) is 0 Å². The molecule has 0 bridgehead atoms. The summed E-state index contributed by atoms with van der Waals surface area (Å²) in [5, 5.41) is 20.9. The Morgan fingerprint density at radius 1 is 1.32 bits per heavy atom. The van der Waals surface area contributed by atoms with Crippen LogP contribution in [0.25, 0.3) is 11.2 Å². The molecule has 0 spiro atoms. The maximum Gasteiger partial charge on any atom is 0.337 e. The van der Waals surface area contributed by atoms with Gasteiger partial charge < -0.3 is 9.84 Å². The van der Waals surface area contributed by atoms with Gasteiger partial charge >= 0.3 is 5.97 Å². The Kier molecular flexibility index (Phi) is 5.62. The number of nitriles is 1. The first kappa shape index (κ1) is 19.0. The number of aromatic nitrogens is 3. The molecule has 0 radical (unpaired) electrons. The van der Waals surface area contributed by atoms with Crippen molar-refractivity contribution in [2.75, 3.05) is 19.0 Å². The smallest absolute Gasteiger partial charge is 0.337 e. The van der Waals surface area contributed by atoms with Crippen LogP contribution in [0.4, 0.5) is 5.95 Å². The second-order valence-electron chi connectivity index (χ2n) is 5.95. The number of ether oxygens (including phenoxy) is 1. The van der Waals surface area contributed by atoms with Gasteiger partial charge in [-0.3, -0.25) is 14.7 Å². The topological polar surface area (TPSA) is 130 Å². The molecule has 3 aromatic rings. The van der Waals surface area contributed by atoms with E-state index < -0.39 is 11.9 Å². The summed E-state index contributed by atoms with van der Waals surface area (Å²) in [4.78, 5) is 32.3. The Balaban J connectivity index is 1.97. The van der Waals surface area contributed by atoms with Crippen molar-refractivity contribution < 1.29 is 19.4 Å². The van der Waals surface area contributed by atoms with Gasteiger partial charge in [0.2, 0.25) is 5.95 Å². The lowest BCUT2D eigenvalue weighted by Gasteiger charge is -2.09. The van der Waals surface area contributed by atoms with E-state index >= 15 is 0 Å². The van der Waals surface area contributed by atoms with E-state index in [2.05, 4.69) is 15.3 Å². The van der Waals surface area contributed by atoms with Gasteiger partial charge in [-0.2, -0.15) is 5.26 Å². The van der Waals surface area contributed by atoms with Crippen LogP contribution in [0.3, 0.4) is 0 Å². The molecule has 9 nitrogen and oxygen atoms in total. The number of fused-ring (bicyclic) bond motifs is 1. The van der Waals surface area contributed by atoms with E-state index in [0.717, 1.165) is 0 Å². The van der Waals surface area contributed by atoms with Crippen LogP contribution >= 0.6 is 0 Å². The molecule has 0 aliphatic rings. The van der Waals surface area contributed by atoms with Crippen LogP contribution in [-0.2, 0) is 11.3 Å². The maximum atomic E-state index is 12.6. The molecule has 0 fully saturated rings. The highest BCUT2D eigenvalue weighted by Crippen LogP contribution is 2.20. The number of nitrogens with one attached hydrogen (secondary N) is 1. The number of rotatable bonds is 7. The van der Waals surface area contributed by atoms with Crippen molar-refractivity contribution in [2.45, 2.75) is 13.0 Å².